The summed E-state index contributed by atoms with van der Waals surface area (Å²) in [4.78, 5) is 28.3. The number of likely N-dealkylation sites (tertiary alicyclic amines) is 1. The quantitative estimate of drug-likeness (QED) is 0.852. The first-order valence-corrected chi connectivity index (χ1v) is 9.21. The molecule has 5 nitrogen and oxygen atoms in total. The van der Waals surface area contributed by atoms with E-state index in [2.05, 4.69) is 0 Å². The molecule has 1 unspecified atom stereocenters. The molecule has 2 aliphatic heterocycles. The van der Waals surface area contributed by atoms with E-state index in [1.54, 1.807) is 16.7 Å². The van der Waals surface area contributed by atoms with Crippen molar-refractivity contribution in [2.45, 2.75) is 19.4 Å². The highest BCUT2D eigenvalue weighted by molar-refractivity contribution is 7.99. The third-order valence-corrected chi connectivity index (χ3v) is 5.26. The van der Waals surface area contributed by atoms with Crippen LogP contribution in [0.15, 0.2) is 30.3 Å². The fourth-order valence-electron chi connectivity index (χ4n) is 3.00. The van der Waals surface area contributed by atoms with Crippen LogP contribution < -0.4 is 0 Å². The van der Waals surface area contributed by atoms with Crippen LogP contribution >= 0.6 is 11.8 Å². The first-order valence-electron chi connectivity index (χ1n) is 8.06. The number of carbonyl (C=O) groups excluding carboxylic acids is 2. The van der Waals surface area contributed by atoms with E-state index in [4.69, 9.17) is 4.74 Å². The molecule has 2 fully saturated rings. The van der Waals surface area contributed by atoms with E-state index in [0.29, 0.717) is 13.1 Å². The predicted octanol–water partition coefficient (Wildman–Crippen LogP) is 2.57. The van der Waals surface area contributed by atoms with Crippen LogP contribution in [0.5, 0.6) is 0 Å². The van der Waals surface area contributed by atoms with Crippen LogP contribution in [0.4, 0.5) is 4.79 Å². The molecule has 2 amide bonds. The zero-order valence-corrected chi connectivity index (χ0v) is 14.0. The Kier molecular flexibility index (Phi) is 5.43. The maximum Gasteiger partial charge on any atom is 0.410 e. The van der Waals surface area contributed by atoms with Crippen molar-refractivity contribution in [3.8, 4) is 0 Å². The summed E-state index contributed by atoms with van der Waals surface area (Å²) in [6, 6.07) is 9.64. The minimum absolute atomic E-state index is 0.0771. The fraction of sp³-hybridized carbons (Fsp3) is 0.529. The fourth-order valence-corrected chi connectivity index (χ4v) is 3.96. The minimum atomic E-state index is -0.317. The number of ether oxygens (including phenoxy) is 1. The highest BCUT2D eigenvalue weighted by Gasteiger charge is 2.32. The number of thioether (sulfide) groups is 1. The number of hydrogen-bond acceptors (Lipinski definition) is 4. The lowest BCUT2D eigenvalue weighted by Crippen LogP contribution is -2.46. The van der Waals surface area contributed by atoms with Crippen LogP contribution in [0, 0.1) is 5.92 Å². The maximum atomic E-state index is 12.5. The van der Waals surface area contributed by atoms with Crippen molar-refractivity contribution < 1.29 is 14.3 Å². The van der Waals surface area contributed by atoms with E-state index >= 15 is 0 Å². The summed E-state index contributed by atoms with van der Waals surface area (Å²) >= 11 is 1.79. The van der Waals surface area contributed by atoms with Gasteiger partial charge >= 0.3 is 6.09 Å². The first-order chi connectivity index (χ1) is 11.2. The molecule has 6 heteroatoms. The lowest BCUT2D eigenvalue weighted by molar-refractivity contribution is -0.135. The molecule has 1 aromatic carbocycles. The van der Waals surface area contributed by atoms with E-state index in [-0.39, 0.29) is 24.5 Å². The van der Waals surface area contributed by atoms with E-state index in [9.17, 15) is 9.59 Å². The van der Waals surface area contributed by atoms with Crippen molar-refractivity contribution in [3.63, 3.8) is 0 Å². The Labute approximate surface area is 141 Å². The molecular formula is C17H22N2O3S. The van der Waals surface area contributed by atoms with Gasteiger partial charge in [0.05, 0.1) is 11.8 Å². The number of piperidine rings is 1. The van der Waals surface area contributed by atoms with Gasteiger partial charge in [0.25, 0.3) is 0 Å². The van der Waals surface area contributed by atoms with E-state index in [0.717, 1.165) is 36.6 Å². The second-order valence-electron chi connectivity index (χ2n) is 5.96. The van der Waals surface area contributed by atoms with Gasteiger partial charge in [0.15, 0.2) is 0 Å². The smallest absolute Gasteiger partial charge is 0.410 e. The summed E-state index contributed by atoms with van der Waals surface area (Å²) < 4.78 is 5.38. The largest absolute Gasteiger partial charge is 0.445 e. The van der Waals surface area contributed by atoms with Crippen molar-refractivity contribution in [2.24, 2.45) is 5.92 Å². The zero-order chi connectivity index (χ0) is 16.1. The van der Waals surface area contributed by atoms with Gasteiger partial charge in [-0.25, -0.2) is 4.79 Å². The van der Waals surface area contributed by atoms with Crippen molar-refractivity contribution in [1.29, 1.82) is 0 Å². The SMILES string of the molecule is O=C(OCc1ccccc1)N1CCCC(C(=O)N2CCSC2)C1. The van der Waals surface area contributed by atoms with Crippen LogP contribution in [-0.2, 0) is 16.1 Å². The van der Waals surface area contributed by atoms with Gasteiger partial charge in [0.2, 0.25) is 5.91 Å². The second-order valence-corrected chi connectivity index (χ2v) is 7.04. The Hall–Kier alpha value is -1.69. The molecule has 0 aliphatic carbocycles. The molecule has 0 bridgehead atoms. The topological polar surface area (TPSA) is 49.9 Å². The van der Waals surface area contributed by atoms with Crippen LogP contribution in [0.25, 0.3) is 0 Å². The number of hydrogen-bond donors (Lipinski definition) is 0. The van der Waals surface area contributed by atoms with Gasteiger partial charge in [0.1, 0.15) is 6.61 Å². The lowest BCUT2D eigenvalue weighted by Gasteiger charge is -2.33. The highest BCUT2D eigenvalue weighted by atomic mass is 32.2. The van der Waals surface area contributed by atoms with Crippen molar-refractivity contribution >= 4 is 23.8 Å². The lowest BCUT2D eigenvalue weighted by atomic mass is 9.97. The number of nitrogens with zero attached hydrogens (tertiary/aromatic N) is 2. The summed E-state index contributed by atoms with van der Waals surface area (Å²) in [7, 11) is 0. The average molecular weight is 334 g/mol. The predicted molar refractivity (Wildman–Crippen MR) is 90.0 cm³/mol. The van der Waals surface area contributed by atoms with Gasteiger partial charge in [-0.1, -0.05) is 30.3 Å². The Morgan fingerprint density at radius 2 is 2.00 bits per heavy atom. The van der Waals surface area contributed by atoms with Crippen LogP contribution in [0.1, 0.15) is 18.4 Å². The van der Waals surface area contributed by atoms with Crippen molar-refractivity contribution in [2.75, 3.05) is 31.3 Å². The van der Waals surface area contributed by atoms with Gasteiger partial charge in [-0.15, -0.1) is 11.8 Å². The Morgan fingerprint density at radius 3 is 2.74 bits per heavy atom. The molecule has 3 rings (SSSR count). The number of rotatable bonds is 3. The molecule has 0 aromatic heterocycles. The standard InChI is InChI=1S/C17H22N2O3S/c20-16(19-9-10-23-13-19)15-7-4-8-18(11-15)17(21)22-12-14-5-2-1-3-6-14/h1-3,5-6,15H,4,7-13H2. The Balaban J connectivity index is 1.51. The average Bonchev–Trinajstić information content (AvgIpc) is 3.14. The highest BCUT2D eigenvalue weighted by Crippen LogP contribution is 2.23. The number of benzene rings is 1. The molecule has 2 saturated heterocycles. The second kappa shape index (κ2) is 7.73. The van der Waals surface area contributed by atoms with Crippen molar-refractivity contribution in [3.05, 3.63) is 35.9 Å². The van der Waals surface area contributed by atoms with Gasteiger partial charge < -0.3 is 14.5 Å². The van der Waals surface area contributed by atoms with E-state index in [1.165, 1.54) is 0 Å². The number of carbonyl (C=O) groups is 2. The molecule has 124 valence electrons. The normalized spacial score (nSPS) is 21.3. The summed E-state index contributed by atoms with van der Waals surface area (Å²) in [5.74, 6) is 1.91. The molecule has 0 radical (unpaired) electrons. The molecule has 1 atom stereocenters. The first kappa shape index (κ1) is 16.2. The number of amides is 2. The molecule has 23 heavy (non-hydrogen) atoms. The third kappa shape index (κ3) is 4.19. The van der Waals surface area contributed by atoms with Crippen LogP contribution in [-0.4, -0.2) is 53.1 Å². The molecule has 0 N–H and O–H groups in total. The minimum Gasteiger partial charge on any atom is -0.445 e. The van der Waals surface area contributed by atoms with Gasteiger partial charge in [-0.3, -0.25) is 4.79 Å². The summed E-state index contributed by atoms with van der Waals surface area (Å²) in [5.41, 5.74) is 0.972. The maximum absolute atomic E-state index is 12.5. The summed E-state index contributed by atoms with van der Waals surface area (Å²) in [5, 5.41) is 0. The summed E-state index contributed by atoms with van der Waals surface area (Å²) in [6.45, 7) is 2.26. The van der Waals surface area contributed by atoms with Crippen LogP contribution in [0.3, 0.4) is 0 Å². The van der Waals surface area contributed by atoms with Gasteiger partial charge in [0, 0.05) is 25.4 Å². The van der Waals surface area contributed by atoms with Crippen LogP contribution in [0.2, 0.25) is 0 Å². The Morgan fingerprint density at radius 1 is 1.17 bits per heavy atom. The zero-order valence-electron chi connectivity index (χ0n) is 13.1. The molecule has 2 aliphatic rings. The Bertz CT molecular complexity index is 546. The van der Waals surface area contributed by atoms with E-state index in [1.807, 2.05) is 35.2 Å². The third-order valence-electron chi connectivity index (χ3n) is 4.30. The van der Waals surface area contributed by atoms with Gasteiger partial charge in [-0.2, -0.15) is 0 Å². The molecular weight excluding hydrogens is 312 g/mol. The molecule has 2 heterocycles. The summed E-state index contributed by atoms with van der Waals surface area (Å²) in [6.07, 6.45) is 1.41. The molecule has 0 spiro atoms. The molecule has 1 aromatic rings. The van der Waals surface area contributed by atoms with Gasteiger partial charge in [-0.05, 0) is 18.4 Å². The van der Waals surface area contributed by atoms with E-state index < -0.39 is 0 Å². The molecule has 0 saturated carbocycles. The van der Waals surface area contributed by atoms with Crippen molar-refractivity contribution in [1.82, 2.24) is 9.80 Å². The monoisotopic (exact) mass is 334 g/mol.